The molecule has 1 heterocycles. The third-order valence-electron chi connectivity index (χ3n) is 3.73. The Kier molecular flexibility index (Phi) is 5.36. The van der Waals surface area contributed by atoms with Crippen LogP contribution in [0.25, 0.3) is 0 Å². The largest absolute Gasteiger partial charge is 0.394 e. The number of carbonyl (C=O) groups is 1. The van der Waals surface area contributed by atoms with E-state index >= 15 is 0 Å². The molecule has 5 heteroatoms. The van der Waals surface area contributed by atoms with Crippen LogP contribution in [-0.2, 0) is 4.79 Å². The zero-order valence-electron chi connectivity index (χ0n) is 10.8. The van der Waals surface area contributed by atoms with Gasteiger partial charge in [0, 0.05) is 26.1 Å². The van der Waals surface area contributed by atoms with Crippen molar-refractivity contribution >= 4 is 5.91 Å². The molecule has 1 saturated heterocycles. The third kappa shape index (κ3) is 3.66. The Bertz CT molecular complexity index is 238. The summed E-state index contributed by atoms with van der Waals surface area (Å²) in [5.41, 5.74) is -0.580. The lowest BCUT2D eigenvalue weighted by Gasteiger charge is -2.38. The van der Waals surface area contributed by atoms with Crippen LogP contribution in [0, 0.1) is 0 Å². The molecule has 1 rings (SSSR count). The molecule has 5 nitrogen and oxygen atoms in total. The molecule has 1 fully saturated rings. The molecular weight excluding hydrogens is 220 g/mol. The fourth-order valence-corrected chi connectivity index (χ4v) is 2.24. The van der Waals surface area contributed by atoms with Gasteiger partial charge in [0.1, 0.15) is 0 Å². The molecule has 0 aliphatic carbocycles. The van der Waals surface area contributed by atoms with Crippen molar-refractivity contribution < 1.29 is 15.0 Å². The number of rotatable bonds is 5. The Hall–Kier alpha value is -0.650. The molecule has 0 bridgehead atoms. The van der Waals surface area contributed by atoms with Crippen LogP contribution >= 0.6 is 0 Å². The number of hydrogen-bond donors (Lipinski definition) is 3. The van der Waals surface area contributed by atoms with E-state index in [1.54, 1.807) is 6.92 Å². The van der Waals surface area contributed by atoms with E-state index in [-0.39, 0.29) is 25.2 Å². The fraction of sp³-hybridized carbons (Fsp3) is 0.917. The highest BCUT2D eigenvalue weighted by Gasteiger charge is 2.31. The van der Waals surface area contributed by atoms with Gasteiger partial charge in [-0.3, -0.25) is 4.79 Å². The van der Waals surface area contributed by atoms with Crippen molar-refractivity contribution in [3.05, 3.63) is 0 Å². The van der Waals surface area contributed by atoms with Crippen molar-refractivity contribution in [2.75, 3.05) is 26.3 Å². The van der Waals surface area contributed by atoms with Gasteiger partial charge >= 0.3 is 0 Å². The van der Waals surface area contributed by atoms with Gasteiger partial charge in [0.15, 0.2) is 0 Å². The minimum absolute atomic E-state index is 0.0626. The molecule has 0 unspecified atom stereocenters. The van der Waals surface area contributed by atoms with Crippen molar-refractivity contribution in [2.24, 2.45) is 0 Å². The second-order valence-electron chi connectivity index (χ2n) is 4.87. The van der Waals surface area contributed by atoms with E-state index in [0.717, 1.165) is 25.9 Å². The number of nitrogens with zero attached hydrogens (tertiary/aromatic N) is 1. The van der Waals surface area contributed by atoms with Crippen LogP contribution in [0.5, 0.6) is 0 Å². The number of aliphatic hydroxyl groups excluding tert-OH is 2. The summed E-state index contributed by atoms with van der Waals surface area (Å²) in [6, 6.07) is 0.268. The Labute approximate surface area is 103 Å². The highest BCUT2D eigenvalue weighted by Crippen LogP contribution is 2.16. The molecule has 17 heavy (non-hydrogen) atoms. The number of nitrogens with one attached hydrogen (secondary N) is 1. The third-order valence-corrected chi connectivity index (χ3v) is 3.73. The van der Waals surface area contributed by atoms with Gasteiger partial charge in [0.25, 0.3) is 0 Å². The predicted molar refractivity (Wildman–Crippen MR) is 65.6 cm³/mol. The second kappa shape index (κ2) is 6.33. The SMILES string of the molecule is CCC(CO)(CO)NC1CCN(C(C)=O)CC1. The predicted octanol–water partition coefficient (Wildman–Crippen LogP) is -0.280. The van der Waals surface area contributed by atoms with Gasteiger partial charge in [-0.25, -0.2) is 0 Å². The van der Waals surface area contributed by atoms with Crippen LogP contribution in [0.1, 0.15) is 33.1 Å². The highest BCUT2D eigenvalue weighted by atomic mass is 16.3. The number of amides is 1. The van der Waals surface area contributed by atoms with Crippen LogP contribution in [0.3, 0.4) is 0 Å². The molecular formula is C12H24N2O3. The lowest BCUT2D eigenvalue weighted by molar-refractivity contribution is -0.130. The van der Waals surface area contributed by atoms with E-state index in [4.69, 9.17) is 0 Å². The van der Waals surface area contributed by atoms with E-state index in [0.29, 0.717) is 6.42 Å². The maximum atomic E-state index is 11.2. The average Bonchev–Trinajstić information content (AvgIpc) is 2.37. The Morgan fingerprint density at radius 2 is 1.88 bits per heavy atom. The normalized spacial score (nSPS) is 18.5. The summed E-state index contributed by atoms with van der Waals surface area (Å²) >= 11 is 0. The van der Waals surface area contributed by atoms with Gasteiger partial charge in [-0.15, -0.1) is 0 Å². The van der Waals surface area contributed by atoms with Gasteiger partial charge in [0.2, 0.25) is 5.91 Å². The summed E-state index contributed by atoms with van der Waals surface area (Å²) in [7, 11) is 0. The lowest BCUT2D eigenvalue weighted by atomic mass is 9.94. The summed E-state index contributed by atoms with van der Waals surface area (Å²) in [5, 5.41) is 22.1. The van der Waals surface area contributed by atoms with Gasteiger partial charge < -0.3 is 20.4 Å². The number of carbonyl (C=O) groups excluding carboxylic acids is 1. The maximum absolute atomic E-state index is 11.2. The first-order valence-electron chi connectivity index (χ1n) is 6.32. The molecule has 1 aliphatic rings. The molecule has 1 amide bonds. The summed E-state index contributed by atoms with van der Waals surface area (Å²) in [6.45, 7) is 4.92. The average molecular weight is 244 g/mol. The molecule has 0 radical (unpaired) electrons. The van der Waals surface area contributed by atoms with Gasteiger partial charge in [-0.2, -0.15) is 0 Å². The van der Waals surface area contributed by atoms with E-state index in [1.165, 1.54) is 0 Å². The molecule has 0 saturated carbocycles. The van der Waals surface area contributed by atoms with Crippen LogP contribution in [0.15, 0.2) is 0 Å². The molecule has 0 atom stereocenters. The van der Waals surface area contributed by atoms with Crippen molar-refractivity contribution in [1.82, 2.24) is 10.2 Å². The molecule has 1 aliphatic heterocycles. The Balaban J connectivity index is 2.46. The first kappa shape index (κ1) is 14.4. The summed E-state index contributed by atoms with van der Waals surface area (Å²) in [5.74, 6) is 0.120. The fourth-order valence-electron chi connectivity index (χ4n) is 2.24. The van der Waals surface area contributed by atoms with Crippen LogP contribution in [0.2, 0.25) is 0 Å². The highest BCUT2D eigenvalue weighted by molar-refractivity contribution is 5.73. The van der Waals surface area contributed by atoms with Crippen LogP contribution in [0.4, 0.5) is 0 Å². The molecule has 0 aromatic carbocycles. The standard InChI is InChI=1S/C12H24N2O3/c1-3-12(8-15,9-16)13-11-4-6-14(7-5-11)10(2)17/h11,13,15-16H,3-9H2,1-2H3. The minimum atomic E-state index is -0.580. The van der Waals surface area contributed by atoms with Gasteiger partial charge in [-0.1, -0.05) is 6.92 Å². The zero-order chi connectivity index (χ0) is 12.9. The summed E-state index contributed by atoms with van der Waals surface area (Å²) in [6.07, 6.45) is 2.44. The van der Waals surface area contributed by atoms with Crippen LogP contribution in [-0.4, -0.2) is 58.9 Å². The van der Waals surface area contributed by atoms with E-state index in [2.05, 4.69) is 5.32 Å². The Morgan fingerprint density at radius 1 is 1.35 bits per heavy atom. The number of hydrogen-bond acceptors (Lipinski definition) is 4. The van der Waals surface area contributed by atoms with Crippen LogP contribution < -0.4 is 5.32 Å². The first-order chi connectivity index (χ1) is 8.06. The maximum Gasteiger partial charge on any atom is 0.219 e. The number of aliphatic hydroxyl groups is 2. The van der Waals surface area contributed by atoms with E-state index in [1.807, 2.05) is 11.8 Å². The lowest BCUT2D eigenvalue weighted by Crippen LogP contribution is -2.57. The molecule has 100 valence electrons. The van der Waals surface area contributed by atoms with Crippen molar-refractivity contribution in [3.8, 4) is 0 Å². The smallest absolute Gasteiger partial charge is 0.219 e. The Morgan fingerprint density at radius 3 is 2.24 bits per heavy atom. The van der Waals surface area contributed by atoms with Gasteiger partial charge in [-0.05, 0) is 19.3 Å². The molecule has 0 spiro atoms. The minimum Gasteiger partial charge on any atom is -0.394 e. The van der Waals surface area contributed by atoms with Gasteiger partial charge in [0.05, 0.1) is 18.8 Å². The second-order valence-corrected chi connectivity index (χ2v) is 4.87. The zero-order valence-corrected chi connectivity index (χ0v) is 10.8. The van der Waals surface area contributed by atoms with Crippen molar-refractivity contribution in [3.63, 3.8) is 0 Å². The summed E-state index contributed by atoms with van der Waals surface area (Å²) in [4.78, 5) is 13.0. The number of piperidine rings is 1. The molecule has 3 N–H and O–H groups in total. The monoisotopic (exact) mass is 244 g/mol. The van der Waals surface area contributed by atoms with E-state index < -0.39 is 5.54 Å². The first-order valence-corrected chi connectivity index (χ1v) is 6.32. The van der Waals surface area contributed by atoms with Crippen molar-refractivity contribution in [1.29, 1.82) is 0 Å². The van der Waals surface area contributed by atoms with E-state index in [9.17, 15) is 15.0 Å². The quantitative estimate of drug-likeness (QED) is 0.622. The summed E-state index contributed by atoms with van der Waals surface area (Å²) < 4.78 is 0. The van der Waals surface area contributed by atoms with Crippen molar-refractivity contribution in [2.45, 2.75) is 44.7 Å². The molecule has 0 aromatic rings. The topological polar surface area (TPSA) is 72.8 Å². The number of likely N-dealkylation sites (tertiary alicyclic amines) is 1. The molecule has 0 aromatic heterocycles.